The molecular formula is C27H17I2N3O4. The summed E-state index contributed by atoms with van der Waals surface area (Å²) in [6.45, 7) is 0.404. The molecule has 0 saturated heterocycles. The highest BCUT2D eigenvalue weighted by Gasteiger charge is 2.14. The summed E-state index contributed by atoms with van der Waals surface area (Å²) < 4.78 is 7.78. The second-order valence-corrected chi connectivity index (χ2v) is 10.0. The number of nitriles is 1. The quantitative estimate of drug-likeness (QED) is 0.0730. The number of nitro groups is 1. The molecular weight excluding hydrogens is 684 g/mol. The molecule has 0 bridgehead atoms. The van der Waals surface area contributed by atoms with Crippen LogP contribution in [0.5, 0.6) is 5.75 Å². The van der Waals surface area contributed by atoms with Gasteiger partial charge in [0.25, 0.3) is 11.6 Å². The molecule has 0 aromatic heterocycles. The summed E-state index contributed by atoms with van der Waals surface area (Å²) in [4.78, 5) is 23.0. The van der Waals surface area contributed by atoms with Crippen LogP contribution < -0.4 is 10.1 Å². The molecule has 1 N–H and O–H groups in total. The van der Waals surface area contributed by atoms with E-state index in [0.717, 1.165) is 23.8 Å². The van der Waals surface area contributed by atoms with Crippen molar-refractivity contribution in [1.29, 1.82) is 5.26 Å². The molecule has 178 valence electrons. The van der Waals surface area contributed by atoms with E-state index < -0.39 is 10.8 Å². The van der Waals surface area contributed by atoms with Gasteiger partial charge in [-0.2, -0.15) is 5.26 Å². The Morgan fingerprint density at radius 1 is 1.00 bits per heavy atom. The summed E-state index contributed by atoms with van der Waals surface area (Å²) in [7, 11) is 0. The summed E-state index contributed by atoms with van der Waals surface area (Å²) >= 11 is 4.33. The summed E-state index contributed by atoms with van der Waals surface area (Å²) in [5.41, 5.74) is 1.66. The van der Waals surface area contributed by atoms with Crippen LogP contribution in [0.25, 0.3) is 16.8 Å². The number of anilines is 1. The summed E-state index contributed by atoms with van der Waals surface area (Å²) in [6.07, 6.45) is 1.48. The van der Waals surface area contributed by atoms with Gasteiger partial charge in [-0.15, -0.1) is 0 Å². The van der Waals surface area contributed by atoms with Crippen LogP contribution in [-0.4, -0.2) is 10.8 Å². The number of nitrogens with zero attached hydrogens (tertiary/aromatic N) is 2. The Bertz CT molecular complexity index is 1540. The lowest BCUT2D eigenvalue weighted by molar-refractivity contribution is -0.384. The van der Waals surface area contributed by atoms with E-state index in [0.29, 0.717) is 12.2 Å². The van der Waals surface area contributed by atoms with Crippen LogP contribution in [0, 0.1) is 28.6 Å². The number of carbonyl (C=O) groups excluding carboxylic acids is 1. The first-order chi connectivity index (χ1) is 17.3. The molecule has 0 heterocycles. The zero-order valence-electron chi connectivity index (χ0n) is 18.6. The third-order valence-corrected chi connectivity index (χ3v) is 6.81. The molecule has 0 aliphatic carbocycles. The van der Waals surface area contributed by atoms with Crippen molar-refractivity contribution >= 4 is 79.3 Å². The molecule has 0 unspecified atom stereocenters. The molecule has 1 amide bonds. The Morgan fingerprint density at radius 3 is 2.42 bits per heavy atom. The maximum Gasteiger partial charge on any atom is 0.271 e. The largest absolute Gasteiger partial charge is 0.487 e. The predicted octanol–water partition coefficient (Wildman–Crippen LogP) is 7.08. The van der Waals surface area contributed by atoms with Crippen LogP contribution >= 0.6 is 45.2 Å². The van der Waals surface area contributed by atoms with Crippen molar-refractivity contribution in [2.75, 3.05) is 5.32 Å². The zero-order chi connectivity index (χ0) is 25.7. The van der Waals surface area contributed by atoms with Crippen molar-refractivity contribution in [2.45, 2.75) is 6.61 Å². The van der Waals surface area contributed by atoms with Gasteiger partial charge >= 0.3 is 0 Å². The van der Waals surface area contributed by atoms with E-state index in [2.05, 4.69) is 74.8 Å². The molecule has 0 spiro atoms. The molecule has 4 aromatic carbocycles. The highest BCUT2D eigenvalue weighted by molar-refractivity contribution is 14.1. The standard InChI is InChI=1S/C27H17I2N3O4/c28-24-12-18(11-21(15-30)27(33)31-22-6-3-7-23(14-22)32(34)35)13-25(29)26(24)36-16-17-8-9-19-4-1-2-5-20(19)10-17/h1-14H,16H2,(H,31,33)/b21-11+. The minimum absolute atomic E-state index is 0.127. The van der Waals surface area contributed by atoms with Gasteiger partial charge in [0, 0.05) is 17.8 Å². The first-order valence-corrected chi connectivity index (χ1v) is 12.8. The SMILES string of the molecule is N#C/C(=C\c1cc(I)c(OCc2ccc3ccccc3c2)c(I)c1)C(=O)Nc1cccc([N+](=O)[O-])c1. The van der Waals surface area contributed by atoms with Gasteiger partial charge in [0.1, 0.15) is 24.0 Å². The Balaban J connectivity index is 1.50. The van der Waals surface area contributed by atoms with Crippen LogP contribution in [0.3, 0.4) is 0 Å². The molecule has 4 rings (SSSR count). The van der Waals surface area contributed by atoms with Crippen molar-refractivity contribution in [3.05, 3.63) is 113 Å². The highest BCUT2D eigenvalue weighted by Crippen LogP contribution is 2.31. The van der Waals surface area contributed by atoms with Crippen molar-refractivity contribution in [2.24, 2.45) is 0 Å². The number of halogens is 2. The number of benzene rings is 4. The first-order valence-electron chi connectivity index (χ1n) is 10.6. The van der Waals surface area contributed by atoms with Gasteiger partial charge in [-0.1, -0.05) is 42.5 Å². The van der Waals surface area contributed by atoms with Crippen LogP contribution in [0.1, 0.15) is 11.1 Å². The van der Waals surface area contributed by atoms with E-state index in [-0.39, 0.29) is 16.9 Å². The molecule has 0 aliphatic rings. The molecule has 0 saturated carbocycles. The lowest BCUT2D eigenvalue weighted by atomic mass is 10.1. The van der Waals surface area contributed by atoms with Crippen LogP contribution in [0.15, 0.2) is 84.4 Å². The van der Waals surface area contributed by atoms with Gasteiger partial charge in [0.15, 0.2) is 0 Å². The second kappa shape index (κ2) is 11.5. The fraction of sp³-hybridized carbons (Fsp3) is 0.0370. The second-order valence-electron chi connectivity index (χ2n) is 7.72. The van der Waals surface area contributed by atoms with Gasteiger partial charge in [0.2, 0.25) is 0 Å². The minimum atomic E-state index is -0.653. The number of hydrogen-bond acceptors (Lipinski definition) is 5. The van der Waals surface area contributed by atoms with Crippen LogP contribution in [-0.2, 0) is 11.4 Å². The van der Waals surface area contributed by atoms with E-state index >= 15 is 0 Å². The Hall–Kier alpha value is -3.50. The van der Waals surface area contributed by atoms with Crippen molar-refractivity contribution in [3.63, 3.8) is 0 Å². The predicted molar refractivity (Wildman–Crippen MR) is 155 cm³/mol. The lowest BCUT2D eigenvalue weighted by Gasteiger charge is -2.12. The third-order valence-electron chi connectivity index (χ3n) is 5.21. The summed E-state index contributed by atoms with van der Waals surface area (Å²) in [5, 5.41) is 25.4. The van der Waals surface area contributed by atoms with E-state index in [4.69, 9.17) is 4.74 Å². The smallest absolute Gasteiger partial charge is 0.271 e. The van der Waals surface area contributed by atoms with Crippen LogP contribution in [0.4, 0.5) is 11.4 Å². The van der Waals surface area contributed by atoms with E-state index in [1.165, 1.54) is 35.7 Å². The normalized spacial score (nSPS) is 11.1. The number of hydrogen-bond donors (Lipinski definition) is 1. The number of ether oxygens (including phenoxy) is 1. The Morgan fingerprint density at radius 2 is 1.72 bits per heavy atom. The third kappa shape index (κ3) is 6.19. The molecule has 36 heavy (non-hydrogen) atoms. The highest BCUT2D eigenvalue weighted by atomic mass is 127. The monoisotopic (exact) mass is 701 g/mol. The molecule has 0 aliphatic heterocycles. The first kappa shape index (κ1) is 25.6. The molecule has 0 radical (unpaired) electrons. The summed E-state index contributed by atoms with van der Waals surface area (Å²) in [6, 6.07) is 25.5. The minimum Gasteiger partial charge on any atom is -0.487 e. The van der Waals surface area contributed by atoms with Gasteiger partial charge in [-0.25, -0.2) is 0 Å². The molecule has 9 heteroatoms. The fourth-order valence-corrected chi connectivity index (χ4v) is 5.62. The number of non-ortho nitro benzene ring substituents is 1. The van der Waals surface area contributed by atoms with Crippen molar-refractivity contribution < 1.29 is 14.5 Å². The number of amides is 1. The molecule has 0 fully saturated rings. The molecule has 7 nitrogen and oxygen atoms in total. The maximum absolute atomic E-state index is 12.6. The van der Waals surface area contributed by atoms with Crippen LogP contribution in [0.2, 0.25) is 0 Å². The van der Waals surface area contributed by atoms with Gasteiger partial charge in [-0.05, 0) is 97.4 Å². The number of rotatable bonds is 7. The number of fused-ring (bicyclic) bond motifs is 1. The summed E-state index contributed by atoms with van der Waals surface area (Å²) in [5.74, 6) is 0.0701. The van der Waals surface area contributed by atoms with Gasteiger partial charge in [-0.3, -0.25) is 14.9 Å². The molecule has 0 atom stereocenters. The average Bonchev–Trinajstić information content (AvgIpc) is 2.86. The Labute approximate surface area is 234 Å². The zero-order valence-corrected chi connectivity index (χ0v) is 22.9. The maximum atomic E-state index is 12.6. The van der Waals surface area contributed by atoms with E-state index in [1.807, 2.05) is 36.4 Å². The number of nitrogens with one attached hydrogen (secondary N) is 1. The fourth-order valence-electron chi connectivity index (χ4n) is 3.50. The number of carbonyl (C=O) groups is 1. The Kier molecular flexibility index (Phi) is 8.17. The van der Waals surface area contributed by atoms with Crippen molar-refractivity contribution in [1.82, 2.24) is 0 Å². The van der Waals surface area contributed by atoms with Gasteiger partial charge < -0.3 is 10.1 Å². The molecule has 4 aromatic rings. The topological polar surface area (TPSA) is 105 Å². The average molecular weight is 701 g/mol. The van der Waals surface area contributed by atoms with E-state index in [9.17, 15) is 20.2 Å². The van der Waals surface area contributed by atoms with Crippen molar-refractivity contribution in [3.8, 4) is 11.8 Å². The van der Waals surface area contributed by atoms with E-state index in [1.54, 1.807) is 0 Å². The lowest BCUT2D eigenvalue weighted by Crippen LogP contribution is -2.13. The van der Waals surface area contributed by atoms with Gasteiger partial charge in [0.05, 0.1) is 12.1 Å². The number of nitro benzene ring substituents is 1.